The van der Waals surface area contributed by atoms with Crippen LogP contribution in [0.1, 0.15) is 35.8 Å². The minimum Gasteiger partial charge on any atom is -0.388 e. The standard InChI is InChI=1S/C16H21N5O2/c1-12-14(13(2)22)9-18-15(19-12)21-6-3-16(23,4-7-21)10-20-8-5-17-11-20/h5,8-9,11,23H,3-4,6-7,10H2,1-2H3. The fraction of sp³-hybridized carbons (Fsp3) is 0.500. The first kappa shape index (κ1) is 15.6. The lowest BCUT2D eigenvalue weighted by atomic mass is 9.91. The number of carbonyl (C=O) groups excluding carboxylic acids is 1. The number of aryl methyl sites for hydroxylation is 1. The van der Waals surface area contributed by atoms with Crippen molar-refractivity contribution in [1.29, 1.82) is 0 Å². The molecule has 0 saturated carbocycles. The van der Waals surface area contributed by atoms with E-state index in [4.69, 9.17) is 0 Å². The first-order valence-corrected chi connectivity index (χ1v) is 7.74. The number of carbonyl (C=O) groups is 1. The van der Waals surface area contributed by atoms with Crippen LogP contribution in [0.5, 0.6) is 0 Å². The summed E-state index contributed by atoms with van der Waals surface area (Å²) < 4.78 is 1.90. The van der Waals surface area contributed by atoms with Gasteiger partial charge in [-0.25, -0.2) is 15.0 Å². The lowest BCUT2D eigenvalue weighted by Gasteiger charge is -2.38. The maximum atomic E-state index is 11.5. The molecule has 1 N–H and O–H groups in total. The van der Waals surface area contributed by atoms with Crippen LogP contribution in [0.15, 0.2) is 24.9 Å². The zero-order chi connectivity index (χ0) is 16.4. The number of aliphatic hydroxyl groups is 1. The molecule has 0 aliphatic carbocycles. The average molecular weight is 315 g/mol. The molecular formula is C16H21N5O2. The maximum absolute atomic E-state index is 11.5. The van der Waals surface area contributed by atoms with Crippen LogP contribution in [-0.4, -0.2) is 49.1 Å². The highest BCUT2D eigenvalue weighted by Gasteiger charge is 2.33. The molecule has 122 valence electrons. The van der Waals surface area contributed by atoms with Crippen LogP contribution in [0.25, 0.3) is 0 Å². The predicted octanol–water partition coefficient (Wildman–Crippen LogP) is 1.22. The zero-order valence-corrected chi connectivity index (χ0v) is 13.4. The minimum atomic E-state index is -0.731. The van der Waals surface area contributed by atoms with Crippen molar-refractivity contribution in [2.24, 2.45) is 0 Å². The largest absolute Gasteiger partial charge is 0.388 e. The summed E-state index contributed by atoms with van der Waals surface area (Å²) in [4.78, 5) is 26.3. The molecule has 3 heterocycles. The second-order valence-corrected chi connectivity index (χ2v) is 6.17. The number of Topliss-reactive ketones (excluding diaryl/α,β-unsaturated/α-hetero) is 1. The molecule has 7 nitrogen and oxygen atoms in total. The fourth-order valence-electron chi connectivity index (χ4n) is 2.95. The van der Waals surface area contributed by atoms with Crippen molar-refractivity contribution in [2.45, 2.75) is 38.8 Å². The summed E-state index contributed by atoms with van der Waals surface area (Å²) >= 11 is 0. The monoisotopic (exact) mass is 315 g/mol. The Kier molecular flexibility index (Phi) is 4.12. The van der Waals surface area contributed by atoms with E-state index in [9.17, 15) is 9.90 Å². The van der Waals surface area contributed by atoms with E-state index in [2.05, 4.69) is 19.9 Å². The highest BCUT2D eigenvalue weighted by molar-refractivity contribution is 5.94. The quantitative estimate of drug-likeness (QED) is 0.854. The van der Waals surface area contributed by atoms with E-state index in [1.165, 1.54) is 6.92 Å². The Morgan fingerprint density at radius 3 is 2.70 bits per heavy atom. The first-order valence-electron chi connectivity index (χ1n) is 7.74. The number of anilines is 1. The molecule has 1 saturated heterocycles. The van der Waals surface area contributed by atoms with E-state index in [0.717, 1.165) is 0 Å². The molecule has 0 aromatic carbocycles. The first-order chi connectivity index (χ1) is 11.0. The van der Waals surface area contributed by atoms with Gasteiger partial charge in [0.2, 0.25) is 5.95 Å². The van der Waals surface area contributed by atoms with Crippen molar-refractivity contribution in [1.82, 2.24) is 19.5 Å². The molecule has 0 unspecified atom stereocenters. The van der Waals surface area contributed by atoms with Crippen LogP contribution in [0, 0.1) is 6.92 Å². The van der Waals surface area contributed by atoms with Gasteiger partial charge >= 0.3 is 0 Å². The second kappa shape index (κ2) is 6.08. The summed E-state index contributed by atoms with van der Waals surface area (Å²) in [6.45, 7) is 5.25. The number of rotatable bonds is 4. The van der Waals surface area contributed by atoms with Gasteiger partial charge in [0.05, 0.1) is 29.7 Å². The molecule has 0 amide bonds. The molecule has 0 spiro atoms. The smallest absolute Gasteiger partial charge is 0.225 e. The Balaban J connectivity index is 1.67. The number of hydrogen-bond donors (Lipinski definition) is 1. The van der Waals surface area contributed by atoms with Crippen molar-refractivity contribution in [3.05, 3.63) is 36.2 Å². The van der Waals surface area contributed by atoms with Crippen molar-refractivity contribution in [3.8, 4) is 0 Å². The number of nitrogens with zero attached hydrogens (tertiary/aromatic N) is 5. The molecule has 2 aromatic heterocycles. The topological polar surface area (TPSA) is 84.1 Å². The van der Waals surface area contributed by atoms with Crippen LogP contribution < -0.4 is 4.90 Å². The van der Waals surface area contributed by atoms with Gasteiger partial charge < -0.3 is 14.6 Å². The van der Waals surface area contributed by atoms with Crippen molar-refractivity contribution >= 4 is 11.7 Å². The predicted molar refractivity (Wildman–Crippen MR) is 85.4 cm³/mol. The van der Waals surface area contributed by atoms with Gasteiger partial charge in [-0.3, -0.25) is 4.79 Å². The number of aromatic nitrogens is 4. The van der Waals surface area contributed by atoms with Gasteiger partial charge in [-0.05, 0) is 26.7 Å². The molecule has 7 heteroatoms. The lowest BCUT2D eigenvalue weighted by molar-refractivity contribution is -0.000296. The summed E-state index contributed by atoms with van der Waals surface area (Å²) in [6, 6.07) is 0. The SMILES string of the molecule is CC(=O)c1cnc(N2CCC(O)(Cn3ccnc3)CC2)nc1C. The van der Waals surface area contributed by atoms with Gasteiger partial charge in [0.1, 0.15) is 0 Å². The Bertz CT molecular complexity index is 691. The van der Waals surface area contributed by atoms with E-state index in [1.807, 2.05) is 17.7 Å². The number of ketones is 1. The van der Waals surface area contributed by atoms with Crippen LogP contribution in [0.3, 0.4) is 0 Å². The number of imidazole rings is 1. The summed E-state index contributed by atoms with van der Waals surface area (Å²) in [6.07, 6.45) is 8.16. The molecule has 0 atom stereocenters. The molecule has 1 fully saturated rings. The summed E-state index contributed by atoms with van der Waals surface area (Å²) in [7, 11) is 0. The van der Waals surface area contributed by atoms with E-state index >= 15 is 0 Å². The molecule has 0 radical (unpaired) electrons. The molecule has 1 aliphatic rings. The van der Waals surface area contributed by atoms with E-state index in [-0.39, 0.29) is 5.78 Å². The number of hydrogen-bond acceptors (Lipinski definition) is 6. The van der Waals surface area contributed by atoms with Crippen molar-refractivity contribution in [2.75, 3.05) is 18.0 Å². The highest BCUT2D eigenvalue weighted by Crippen LogP contribution is 2.26. The van der Waals surface area contributed by atoms with E-state index in [1.54, 1.807) is 18.7 Å². The highest BCUT2D eigenvalue weighted by atomic mass is 16.3. The van der Waals surface area contributed by atoms with Gasteiger partial charge in [-0.1, -0.05) is 0 Å². The van der Waals surface area contributed by atoms with Crippen molar-refractivity contribution in [3.63, 3.8) is 0 Å². The van der Waals surface area contributed by atoms with Gasteiger partial charge in [0.15, 0.2) is 5.78 Å². The molecule has 3 rings (SSSR count). The van der Waals surface area contributed by atoms with Crippen LogP contribution in [0.4, 0.5) is 5.95 Å². The van der Waals surface area contributed by atoms with Crippen LogP contribution >= 0.6 is 0 Å². The normalized spacial score (nSPS) is 17.3. The third-order valence-electron chi connectivity index (χ3n) is 4.36. The lowest BCUT2D eigenvalue weighted by Crippen LogP contribution is -2.47. The molecule has 0 bridgehead atoms. The molecule has 23 heavy (non-hydrogen) atoms. The van der Waals surface area contributed by atoms with Gasteiger partial charge in [-0.15, -0.1) is 0 Å². The Labute approximate surface area is 135 Å². The third kappa shape index (κ3) is 3.39. The average Bonchev–Trinajstić information content (AvgIpc) is 3.00. The molecule has 2 aromatic rings. The Morgan fingerprint density at radius 2 is 2.13 bits per heavy atom. The van der Waals surface area contributed by atoms with Crippen LogP contribution in [-0.2, 0) is 6.54 Å². The third-order valence-corrected chi connectivity index (χ3v) is 4.36. The van der Waals surface area contributed by atoms with Crippen molar-refractivity contribution < 1.29 is 9.90 Å². The van der Waals surface area contributed by atoms with Crippen LogP contribution in [0.2, 0.25) is 0 Å². The molecular weight excluding hydrogens is 294 g/mol. The Morgan fingerprint density at radius 1 is 1.39 bits per heavy atom. The minimum absolute atomic E-state index is 0.0256. The van der Waals surface area contributed by atoms with Gasteiger partial charge in [-0.2, -0.15) is 0 Å². The summed E-state index contributed by atoms with van der Waals surface area (Å²) in [5, 5.41) is 10.7. The zero-order valence-electron chi connectivity index (χ0n) is 13.4. The maximum Gasteiger partial charge on any atom is 0.225 e. The van der Waals surface area contributed by atoms with Gasteiger partial charge in [0.25, 0.3) is 0 Å². The summed E-state index contributed by atoms with van der Waals surface area (Å²) in [5.74, 6) is 0.597. The molecule has 1 aliphatic heterocycles. The Hall–Kier alpha value is -2.28. The van der Waals surface area contributed by atoms with Gasteiger partial charge in [0, 0.05) is 31.7 Å². The number of piperidine rings is 1. The fourth-order valence-corrected chi connectivity index (χ4v) is 2.95. The second-order valence-electron chi connectivity index (χ2n) is 6.17. The summed E-state index contributed by atoms with van der Waals surface area (Å²) in [5.41, 5.74) is 0.523. The van der Waals surface area contributed by atoms with E-state index in [0.29, 0.717) is 49.7 Å². The van der Waals surface area contributed by atoms with E-state index < -0.39 is 5.60 Å².